The maximum atomic E-state index is 9.85. The van der Waals surface area contributed by atoms with Crippen LogP contribution in [0.5, 0.6) is 0 Å². The Kier molecular flexibility index (Phi) is 11.1. The molecular formula is C73H58N4O2. The van der Waals surface area contributed by atoms with Crippen LogP contribution in [0.15, 0.2) is 191 Å². The van der Waals surface area contributed by atoms with Crippen LogP contribution in [0.3, 0.4) is 0 Å². The van der Waals surface area contributed by atoms with Crippen molar-refractivity contribution in [3.63, 3.8) is 0 Å². The second-order valence-corrected chi connectivity index (χ2v) is 23.1. The van der Waals surface area contributed by atoms with E-state index >= 15 is 0 Å². The van der Waals surface area contributed by atoms with Crippen molar-refractivity contribution in [1.82, 2.24) is 0 Å². The molecule has 12 aromatic rings. The molecule has 0 amide bonds. The van der Waals surface area contributed by atoms with E-state index in [0.717, 1.165) is 88.8 Å². The highest BCUT2D eigenvalue weighted by molar-refractivity contribution is 6.13. The van der Waals surface area contributed by atoms with E-state index in [1.165, 1.54) is 108 Å². The Morgan fingerprint density at radius 2 is 0.772 bits per heavy atom. The number of para-hydroxylation sites is 4. The summed E-state index contributed by atoms with van der Waals surface area (Å²) in [5.41, 5.74) is 18.3. The van der Waals surface area contributed by atoms with Crippen LogP contribution < -0.4 is 9.80 Å². The predicted octanol–water partition coefficient (Wildman–Crippen LogP) is 20.9. The van der Waals surface area contributed by atoms with Crippen LogP contribution in [0, 0.1) is 22.7 Å². The molecule has 15 rings (SSSR count). The first-order valence-electron chi connectivity index (χ1n) is 28.5. The van der Waals surface area contributed by atoms with Crippen molar-refractivity contribution in [3.8, 4) is 23.3 Å². The average molecular weight is 1020 g/mol. The van der Waals surface area contributed by atoms with Gasteiger partial charge in [-0.1, -0.05) is 125 Å². The van der Waals surface area contributed by atoms with Gasteiger partial charge < -0.3 is 18.6 Å². The van der Waals surface area contributed by atoms with Gasteiger partial charge in [0, 0.05) is 49.7 Å². The molecule has 0 aliphatic heterocycles. The minimum atomic E-state index is -0.301. The lowest BCUT2D eigenvalue weighted by Gasteiger charge is -2.26. The Labute approximate surface area is 460 Å². The van der Waals surface area contributed by atoms with E-state index in [2.05, 4.69) is 169 Å². The third-order valence-corrected chi connectivity index (χ3v) is 18.2. The highest BCUT2D eigenvalue weighted by Crippen LogP contribution is 2.53. The van der Waals surface area contributed by atoms with Crippen molar-refractivity contribution < 1.29 is 8.83 Å². The molecule has 3 aliphatic carbocycles. The second-order valence-electron chi connectivity index (χ2n) is 23.1. The van der Waals surface area contributed by atoms with Crippen molar-refractivity contribution >= 4 is 99.5 Å². The van der Waals surface area contributed by atoms with E-state index < -0.39 is 0 Å². The average Bonchev–Trinajstić information content (AvgIpc) is 3.99. The zero-order valence-corrected chi connectivity index (χ0v) is 44.7. The molecule has 0 atom stereocenters. The van der Waals surface area contributed by atoms with Gasteiger partial charge in [-0.05, 0) is 202 Å². The monoisotopic (exact) mass is 1020 g/mol. The number of anilines is 6. The molecule has 6 nitrogen and oxygen atoms in total. The SMILES string of the molecule is CC1(C)c2cc3cc(N(c4ccc(C#N)cc4)c4cccc5c4oc4c(C6CCCCC6)cccc45)ccc3cc2-c2cc3ccc(N(c4ccc(C#N)cc4)c4cccc5c4oc4c(C6CCCCC6)cccc45)cc3cc21. The summed E-state index contributed by atoms with van der Waals surface area (Å²) in [7, 11) is 0. The molecule has 2 aromatic heterocycles. The van der Waals surface area contributed by atoms with Crippen molar-refractivity contribution in [2.24, 2.45) is 0 Å². The normalized spacial score (nSPS) is 15.4. The first kappa shape index (κ1) is 47.1. The lowest BCUT2D eigenvalue weighted by atomic mass is 9.81. The molecule has 382 valence electrons. The Morgan fingerprint density at radius 3 is 1.18 bits per heavy atom. The van der Waals surface area contributed by atoms with E-state index in [9.17, 15) is 10.5 Å². The van der Waals surface area contributed by atoms with Crippen LogP contribution >= 0.6 is 0 Å². The first-order chi connectivity index (χ1) is 38.8. The molecule has 2 fully saturated rings. The number of benzene rings is 10. The standard InChI is InChI=1S/C73H58N4O2/c1-73(2)65-41-51-37-55(76(53-31-25-45(43-74)26-32-53)67-23-11-21-61-59-19-9-17-57(69(59)78-71(61)67)47-13-5-3-6-14-47)35-29-49(51)39-63(65)64-40-50-30-36-56(38-52(50)42-66(64)73)77(54-33-27-46(44-75)28-34-54)68-24-12-22-62-60-20-10-18-58(70(60)79-72(62)68)48-15-7-4-8-16-48/h9-12,17-42,47-48H,3-8,13-16H2,1-2H3. The van der Waals surface area contributed by atoms with Gasteiger partial charge in [0.2, 0.25) is 0 Å². The number of furan rings is 2. The third-order valence-electron chi connectivity index (χ3n) is 18.2. The van der Waals surface area contributed by atoms with Crippen LogP contribution in [0.1, 0.15) is 123 Å². The number of nitriles is 2. The molecule has 2 heterocycles. The summed E-state index contributed by atoms with van der Waals surface area (Å²) in [5, 5.41) is 28.9. The summed E-state index contributed by atoms with van der Waals surface area (Å²) in [5.74, 6) is 1.01. The molecule has 0 bridgehead atoms. The Morgan fingerprint density at radius 1 is 0.392 bits per heavy atom. The lowest BCUT2D eigenvalue weighted by Crippen LogP contribution is -2.15. The summed E-state index contributed by atoms with van der Waals surface area (Å²) >= 11 is 0. The van der Waals surface area contributed by atoms with Crippen molar-refractivity contribution in [2.75, 3.05) is 9.80 Å². The van der Waals surface area contributed by atoms with Crippen LogP contribution in [0.2, 0.25) is 0 Å². The third kappa shape index (κ3) is 7.64. The molecule has 3 aliphatic rings. The molecule has 0 unspecified atom stereocenters. The van der Waals surface area contributed by atoms with Crippen LogP contribution in [0.25, 0.3) is 76.5 Å². The molecule has 0 saturated heterocycles. The Bertz CT molecular complexity index is 4230. The fourth-order valence-electron chi connectivity index (χ4n) is 14.2. The van der Waals surface area contributed by atoms with Crippen LogP contribution in [-0.4, -0.2) is 0 Å². The fourth-order valence-corrected chi connectivity index (χ4v) is 14.2. The topological polar surface area (TPSA) is 80.3 Å². The molecular weight excluding hydrogens is 965 g/mol. The number of rotatable bonds is 8. The zero-order valence-electron chi connectivity index (χ0n) is 44.7. The highest BCUT2D eigenvalue weighted by Gasteiger charge is 2.37. The molecule has 2 saturated carbocycles. The van der Waals surface area contributed by atoms with Gasteiger partial charge in [-0.3, -0.25) is 0 Å². The van der Waals surface area contributed by atoms with Gasteiger partial charge in [-0.25, -0.2) is 0 Å². The molecule has 10 aromatic carbocycles. The van der Waals surface area contributed by atoms with Crippen molar-refractivity contribution in [1.29, 1.82) is 10.5 Å². The summed E-state index contributed by atoms with van der Waals surface area (Å²) in [4.78, 5) is 4.60. The summed E-state index contributed by atoms with van der Waals surface area (Å²) < 4.78 is 14.2. The minimum absolute atomic E-state index is 0.301. The van der Waals surface area contributed by atoms with Gasteiger partial charge in [0.15, 0.2) is 11.2 Å². The first-order valence-corrected chi connectivity index (χ1v) is 28.5. The predicted molar refractivity (Wildman–Crippen MR) is 324 cm³/mol. The molecule has 6 heteroatoms. The second kappa shape index (κ2) is 18.5. The summed E-state index contributed by atoms with van der Waals surface area (Å²) in [6, 6.07) is 70.1. The van der Waals surface area contributed by atoms with Gasteiger partial charge in [0.25, 0.3) is 0 Å². The van der Waals surface area contributed by atoms with Crippen molar-refractivity contribution in [2.45, 2.75) is 95.3 Å². The van der Waals surface area contributed by atoms with Gasteiger partial charge in [-0.15, -0.1) is 0 Å². The smallest absolute Gasteiger partial charge is 0.159 e. The minimum Gasteiger partial charge on any atom is -0.454 e. The molecule has 0 radical (unpaired) electrons. The Hall–Kier alpha value is -9.10. The van der Waals surface area contributed by atoms with E-state index in [1.807, 2.05) is 48.5 Å². The van der Waals surface area contributed by atoms with Crippen molar-refractivity contribution in [3.05, 3.63) is 215 Å². The number of hydrogen-bond donors (Lipinski definition) is 0. The van der Waals surface area contributed by atoms with Crippen LogP contribution in [-0.2, 0) is 5.41 Å². The maximum absolute atomic E-state index is 9.85. The zero-order chi connectivity index (χ0) is 52.9. The fraction of sp³-hybridized carbons (Fsp3) is 0.205. The molecule has 0 N–H and O–H groups in total. The van der Waals surface area contributed by atoms with E-state index in [1.54, 1.807) is 0 Å². The van der Waals surface area contributed by atoms with Crippen LogP contribution in [0.4, 0.5) is 34.1 Å². The largest absolute Gasteiger partial charge is 0.454 e. The van der Waals surface area contributed by atoms with E-state index in [4.69, 9.17) is 8.83 Å². The molecule has 0 spiro atoms. The quantitative estimate of drug-likeness (QED) is 0.151. The van der Waals surface area contributed by atoms with E-state index in [0.29, 0.717) is 23.0 Å². The number of hydrogen-bond acceptors (Lipinski definition) is 6. The Balaban J connectivity index is 0.834. The lowest BCUT2D eigenvalue weighted by molar-refractivity contribution is 0.442. The number of fused-ring (bicyclic) bond motifs is 11. The number of nitrogens with zero attached hydrogens (tertiary/aromatic N) is 4. The van der Waals surface area contributed by atoms with Gasteiger partial charge in [-0.2, -0.15) is 10.5 Å². The van der Waals surface area contributed by atoms with Gasteiger partial charge >= 0.3 is 0 Å². The van der Waals surface area contributed by atoms with Gasteiger partial charge in [0.1, 0.15) is 11.2 Å². The van der Waals surface area contributed by atoms with Gasteiger partial charge in [0.05, 0.1) is 34.6 Å². The highest BCUT2D eigenvalue weighted by atomic mass is 16.3. The maximum Gasteiger partial charge on any atom is 0.159 e. The molecule has 79 heavy (non-hydrogen) atoms. The summed E-state index contributed by atoms with van der Waals surface area (Å²) in [6.45, 7) is 4.73. The summed E-state index contributed by atoms with van der Waals surface area (Å²) in [6.07, 6.45) is 12.4. The van der Waals surface area contributed by atoms with E-state index in [-0.39, 0.29) is 5.41 Å².